The molecule has 1 heterocycles. The summed E-state index contributed by atoms with van der Waals surface area (Å²) < 4.78 is 6.13. The molecular weight excluding hydrogens is 508 g/mol. The van der Waals surface area contributed by atoms with Crippen LogP contribution in [0.25, 0.3) is 16.8 Å². The van der Waals surface area contributed by atoms with Crippen LogP contribution in [0.1, 0.15) is 11.1 Å². The first-order valence-corrected chi connectivity index (χ1v) is 12.7. The Kier molecular flexibility index (Phi) is 7.25. The molecule has 4 aromatic rings. The first kappa shape index (κ1) is 24.6. The minimum absolute atomic E-state index is 0.224. The van der Waals surface area contributed by atoms with E-state index < -0.39 is 23.6 Å². The summed E-state index contributed by atoms with van der Waals surface area (Å²) >= 11 is 6.74. The van der Waals surface area contributed by atoms with Gasteiger partial charge in [-0.1, -0.05) is 78.3 Å². The van der Waals surface area contributed by atoms with Crippen molar-refractivity contribution < 1.29 is 19.1 Å². The van der Waals surface area contributed by atoms with Crippen LogP contribution in [0.4, 0.5) is 10.5 Å². The molecule has 0 radical (unpaired) electrons. The van der Waals surface area contributed by atoms with Crippen LogP contribution in [0.5, 0.6) is 5.75 Å². The van der Waals surface area contributed by atoms with Crippen molar-refractivity contribution in [3.05, 3.63) is 112 Å². The summed E-state index contributed by atoms with van der Waals surface area (Å²) in [7, 11) is 0. The van der Waals surface area contributed by atoms with Crippen LogP contribution in [-0.4, -0.2) is 28.5 Å². The second-order valence-electron chi connectivity index (χ2n) is 8.29. The second-order valence-corrected chi connectivity index (χ2v) is 9.72. The van der Waals surface area contributed by atoms with Gasteiger partial charge in [-0.3, -0.25) is 19.3 Å². The van der Waals surface area contributed by atoms with Crippen molar-refractivity contribution in [1.82, 2.24) is 4.90 Å². The fourth-order valence-corrected chi connectivity index (χ4v) is 5.01. The monoisotopic (exact) mass is 528 g/mol. The molecule has 0 aromatic heterocycles. The molecule has 0 bridgehead atoms. The normalized spacial score (nSPS) is 14.4. The molecule has 5 rings (SSSR count). The van der Waals surface area contributed by atoms with Gasteiger partial charge in [0.05, 0.1) is 4.91 Å². The van der Waals surface area contributed by atoms with Gasteiger partial charge in [0, 0.05) is 16.3 Å². The summed E-state index contributed by atoms with van der Waals surface area (Å²) in [4.78, 5) is 39.1. The molecule has 1 aliphatic heterocycles. The molecule has 1 N–H and O–H groups in total. The van der Waals surface area contributed by atoms with Crippen molar-refractivity contribution in [2.75, 3.05) is 11.9 Å². The van der Waals surface area contributed by atoms with Gasteiger partial charge in [-0.25, -0.2) is 0 Å². The quantitative estimate of drug-likeness (QED) is 0.269. The Bertz CT molecular complexity index is 1550. The molecule has 37 heavy (non-hydrogen) atoms. The number of carbonyl (C=O) groups excluding carboxylic acids is 3. The summed E-state index contributed by atoms with van der Waals surface area (Å²) in [6.07, 6.45) is 1.62. The number of amides is 3. The number of nitrogens with zero attached hydrogens (tertiary/aromatic N) is 1. The minimum atomic E-state index is -0.528. The maximum atomic E-state index is 13.0. The predicted molar refractivity (Wildman–Crippen MR) is 147 cm³/mol. The molecular formula is C29H21ClN2O4S. The van der Waals surface area contributed by atoms with E-state index in [1.807, 2.05) is 48.5 Å². The zero-order valence-corrected chi connectivity index (χ0v) is 21.1. The van der Waals surface area contributed by atoms with Gasteiger partial charge in [-0.15, -0.1) is 0 Å². The summed E-state index contributed by atoms with van der Waals surface area (Å²) in [6, 6.07) is 28.1. The van der Waals surface area contributed by atoms with Gasteiger partial charge < -0.3 is 10.1 Å². The third-order valence-corrected chi connectivity index (χ3v) is 6.89. The van der Waals surface area contributed by atoms with E-state index >= 15 is 0 Å². The van der Waals surface area contributed by atoms with E-state index in [2.05, 4.69) is 23.5 Å². The van der Waals surface area contributed by atoms with Gasteiger partial charge >= 0.3 is 0 Å². The lowest BCUT2D eigenvalue weighted by Gasteiger charge is -2.13. The van der Waals surface area contributed by atoms with Gasteiger partial charge in [0.25, 0.3) is 11.1 Å². The number of anilines is 1. The molecule has 6 nitrogen and oxygen atoms in total. The number of thioether (sulfide) groups is 1. The molecule has 8 heteroatoms. The minimum Gasteiger partial charge on any atom is -0.488 e. The highest BCUT2D eigenvalue weighted by atomic mass is 35.5. The molecule has 0 unspecified atom stereocenters. The number of ether oxygens (including phenoxy) is 1. The Morgan fingerprint density at radius 2 is 1.70 bits per heavy atom. The lowest BCUT2D eigenvalue weighted by atomic mass is 10.1. The molecule has 1 saturated heterocycles. The van der Waals surface area contributed by atoms with E-state index in [0.717, 1.165) is 33.0 Å². The Labute approximate surface area is 222 Å². The zero-order valence-electron chi connectivity index (χ0n) is 19.5. The van der Waals surface area contributed by atoms with Crippen LogP contribution in [0, 0.1) is 0 Å². The standard InChI is InChI=1S/C29H21ClN2O4S/c30-22-11-6-12-23(16-22)31-27(33)17-32-28(34)26(37-29(32)35)15-20-8-2-4-14-25(20)36-18-21-10-5-9-19-7-1-3-13-24(19)21/h1-16H,17-18H2,(H,31,33)/b26-15-. The number of imide groups is 1. The molecule has 1 aliphatic rings. The molecule has 0 atom stereocenters. The average Bonchev–Trinajstić information content (AvgIpc) is 3.15. The number of hydrogen-bond donors (Lipinski definition) is 1. The Morgan fingerprint density at radius 1 is 0.946 bits per heavy atom. The summed E-state index contributed by atoms with van der Waals surface area (Å²) in [5, 5.41) is 4.85. The van der Waals surface area contributed by atoms with E-state index in [1.165, 1.54) is 0 Å². The maximum absolute atomic E-state index is 13.0. The van der Waals surface area contributed by atoms with Gasteiger partial charge in [0.2, 0.25) is 5.91 Å². The topological polar surface area (TPSA) is 75.7 Å². The largest absolute Gasteiger partial charge is 0.488 e. The van der Waals surface area contributed by atoms with Crippen LogP contribution in [0.2, 0.25) is 5.02 Å². The fourth-order valence-electron chi connectivity index (χ4n) is 3.99. The van der Waals surface area contributed by atoms with Crippen LogP contribution in [0.3, 0.4) is 0 Å². The van der Waals surface area contributed by atoms with Crippen molar-refractivity contribution >= 4 is 63.0 Å². The van der Waals surface area contributed by atoms with Gasteiger partial charge in [-0.2, -0.15) is 0 Å². The van der Waals surface area contributed by atoms with E-state index in [0.29, 0.717) is 28.6 Å². The molecule has 0 saturated carbocycles. The van der Waals surface area contributed by atoms with Crippen LogP contribution < -0.4 is 10.1 Å². The van der Waals surface area contributed by atoms with Crippen LogP contribution >= 0.6 is 23.4 Å². The maximum Gasteiger partial charge on any atom is 0.294 e. The average molecular weight is 529 g/mol. The summed E-state index contributed by atoms with van der Waals surface area (Å²) in [5.74, 6) is -0.439. The lowest BCUT2D eigenvalue weighted by Crippen LogP contribution is -2.36. The molecule has 0 spiro atoms. The molecule has 184 valence electrons. The summed E-state index contributed by atoms with van der Waals surface area (Å²) in [6.45, 7) is -0.0505. The second kappa shape index (κ2) is 10.9. The number of fused-ring (bicyclic) bond motifs is 1. The Hall–Kier alpha value is -4.07. The molecule has 0 aliphatic carbocycles. The van der Waals surface area contributed by atoms with Crippen LogP contribution in [0.15, 0.2) is 95.9 Å². The predicted octanol–water partition coefficient (Wildman–Crippen LogP) is 6.75. The van der Waals surface area contributed by atoms with E-state index in [-0.39, 0.29) is 4.91 Å². The van der Waals surface area contributed by atoms with Gasteiger partial charge in [0.15, 0.2) is 0 Å². The first-order valence-electron chi connectivity index (χ1n) is 11.5. The number of rotatable bonds is 7. The van der Waals surface area contributed by atoms with Crippen molar-refractivity contribution in [3.8, 4) is 5.75 Å². The van der Waals surface area contributed by atoms with E-state index in [9.17, 15) is 14.4 Å². The number of hydrogen-bond acceptors (Lipinski definition) is 5. The van der Waals surface area contributed by atoms with Crippen molar-refractivity contribution in [2.45, 2.75) is 6.61 Å². The van der Waals surface area contributed by atoms with Crippen molar-refractivity contribution in [1.29, 1.82) is 0 Å². The fraction of sp³-hybridized carbons (Fsp3) is 0.0690. The van der Waals surface area contributed by atoms with Crippen molar-refractivity contribution in [2.24, 2.45) is 0 Å². The highest BCUT2D eigenvalue weighted by Gasteiger charge is 2.36. The number of para-hydroxylation sites is 1. The molecule has 3 amide bonds. The van der Waals surface area contributed by atoms with Crippen LogP contribution in [-0.2, 0) is 16.2 Å². The zero-order chi connectivity index (χ0) is 25.8. The smallest absolute Gasteiger partial charge is 0.294 e. The lowest BCUT2D eigenvalue weighted by molar-refractivity contribution is -0.127. The molecule has 1 fully saturated rings. The number of nitrogens with one attached hydrogen (secondary N) is 1. The highest BCUT2D eigenvalue weighted by Crippen LogP contribution is 2.34. The number of halogens is 1. The first-order chi connectivity index (χ1) is 18.0. The SMILES string of the molecule is O=C(CN1C(=O)S/C(=C\c2ccccc2OCc2cccc3ccccc23)C1=O)Nc1cccc(Cl)c1. The van der Waals surface area contributed by atoms with Gasteiger partial charge in [0.1, 0.15) is 18.9 Å². The van der Waals surface area contributed by atoms with Crippen molar-refractivity contribution in [3.63, 3.8) is 0 Å². The third kappa shape index (κ3) is 5.69. The van der Waals surface area contributed by atoms with Gasteiger partial charge in [-0.05, 0) is 58.4 Å². The Morgan fingerprint density at radius 3 is 2.57 bits per heavy atom. The Balaban J connectivity index is 1.30. The number of benzene rings is 4. The molecule has 4 aromatic carbocycles. The summed E-state index contributed by atoms with van der Waals surface area (Å²) in [5.41, 5.74) is 2.19. The van der Waals surface area contributed by atoms with E-state index in [1.54, 1.807) is 30.3 Å². The number of carbonyl (C=O) groups is 3. The third-order valence-electron chi connectivity index (χ3n) is 5.75. The highest BCUT2D eigenvalue weighted by molar-refractivity contribution is 8.18. The van der Waals surface area contributed by atoms with E-state index in [4.69, 9.17) is 16.3 Å².